The minimum atomic E-state index is -0.185. The molecule has 0 saturated carbocycles. The van der Waals surface area contributed by atoms with Crippen LogP contribution in [-0.4, -0.2) is 24.1 Å². The van der Waals surface area contributed by atoms with Crippen molar-refractivity contribution in [2.24, 2.45) is 7.05 Å². The number of hydrogen-bond donors (Lipinski definition) is 1. The first kappa shape index (κ1) is 11.4. The summed E-state index contributed by atoms with van der Waals surface area (Å²) >= 11 is 0. The molecule has 7 nitrogen and oxygen atoms in total. The second-order valence-electron chi connectivity index (χ2n) is 4.14. The smallest absolute Gasteiger partial charge is 0.281 e. The monoisotopic (exact) mass is 256 g/mol. The Labute approximate surface area is 108 Å². The summed E-state index contributed by atoms with van der Waals surface area (Å²) in [6.45, 7) is 1.84. The summed E-state index contributed by atoms with van der Waals surface area (Å²) in [6.07, 6.45) is 3.16. The average molecular weight is 256 g/mol. The minimum Gasteiger partial charge on any atom is -0.317 e. The van der Waals surface area contributed by atoms with Gasteiger partial charge in [-0.1, -0.05) is 6.07 Å². The van der Waals surface area contributed by atoms with Crippen LogP contribution in [0.25, 0.3) is 5.65 Å². The minimum absolute atomic E-state index is 0.185. The van der Waals surface area contributed by atoms with Crippen molar-refractivity contribution >= 4 is 17.3 Å². The summed E-state index contributed by atoms with van der Waals surface area (Å²) < 4.78 is 3.10. The third-order valence-corrected chi connectivity index (χ3v) is 2.84. The molecule has 0 aliphatic heterocycles. The number of aryl methyl sites for hydroxylation is 2. The first-order chi connectivity index (χ1) is 9.15. The van der Waals surface area contributed by atoms with Crippen molar-refractivity contribution in [3.63, 3.8) is 0 Å². The van der Waals surface area contributed by atoms with Crippen molar-refractivity contribution in [2.75, 3.05) is 5.32 Å². The van der Waals surface area contributed by atoms with E-state index in [0.29, 0.717) is 17.3 Å². The van der Waals surface area contributed by atoms with E-state index in [1.807, 2.05) is 13.0 Å². The highest BCUT2D eigenvalue weighted by Gasteiger charge is 2.08. The van der Waals surface area contributed by atoms with E-state index in [0.717, 1.165) is 5.82 Å². The molecule has 3 rings (SSSR count). The Morgan fingerprint density at radius 2 is 2.16 bits per heavy atom. The first-order valence-electron chi connectivity index (χ1n) is 5.76. The second kappa shape index (κ2) is 4.20. The van der Waals surface area contributed by atoms with E-state index < -0.39 is 0 Å². The molecule has 96 valence electrons. The molecule has 0 fully saturated rings. The summed E-state index contributed by atoms with van der Waals surface area (Å²) in [5.41, 5.74) is 0.758. The zero-order valence-corrected chi connectivity index (χ0v) is 10.5. The molecule has 3 aromatic rings. The largest absolute Gasteiger partial charge is 0.317 e. The van der Waals surface area contributed by atoms with E-state index in [1.54, 1.807) is 30.1 Å². The number of rotatable bonds is 2. The van der Waals surface area contributed by atoms with Gasteiger partial charge in [0.2, 0.25) is 5.95 Å². The maximum atomic E-state index is 12.2. The number of hydrogen-bond acceptors (Lipinski definition) is 5. The summed E-state index contributed by atoms with van der Waals surface area (Å²) in [5, 5.41) is 7.03. The standard InChI is InChI=1S/C12H12N6O/c1-8-14-12(16-17(8)2)15-9-7-13-10-5-3-4-6-18(10)11(9)19/h3-7H,1-2H3,(H,15,16). The van der Waals surface area contributed by atoms with Gasteiger partial charge >= 0.3 is 0 Å². The summed E-state index contributed by atoms with van der Waals surface area (Å²) in [6, 6.07) is 5.38. The van der Waals surface area contributed by atoms with E-state index >= 15 is 0 Å². The molecular formula is C12H12N6O. The van der Waals surface area contributed by atoms with Crippen LogP contribution in [0, 0.1) is 6.92 Å². The van der Waals surface area contributed by atoms with Gasteiger partial charge in [-0.3, -0.25) is 13.9 Å². The molecule has 0 aromatic carbocycles. The maximum absolute atomic E-state index is 12.2. The van der Waals surface area contributed by atoms with Gasteiger partial charge in [-0.2, -0.15) is 4.98 Å². The van der Waals surface area contributed by atoms with E-state index in [4.69, 9.17) is 0 Å². The molecule has 3 heterocycles. The second-order valence-corrected chi connectivity index (χ2v) is 4.14. The molecule has 0 saturated heterocycles. The molecule has 0 radical (unpaired) electrons. The van der Waals surface area contributed by atoms with Gasteiger partial charge in [0.25, 0.3) is 5.56 Å². The fourth-order valence-corrected chi connectivity index (χ4v) is 1.75. The van der Waals surface area contributed by atoms with Gasteiger partial charge in [0.1, 0.15) is 17.2 Å². The Kier molecular flexibility index (Phi) is 2.52. The molecule has 0 aliphatic rings. The van der Waals surface area contributed by atoms with Crippen LogP contribution in [0.2, 0.25) is 0 Å². The highest BCUT2D eigenvalue weighted by molar-refractivity contribution is 5.53. The highest BCUT2D eigenvalue weighted by Crippen LogP contribution is 2.08. The van der Waals surface area contributed by atoms with Gasteiger partial charge in [-0.15, -0.1) is 5.10 Å². The van der Waals surface area contributed by atoms with Crippen LogP contribution in [0.15, 0.2) is 35.4 Å². The van der Waals surface area contributed by atoms with E-state index in [9.17, 15) is 4.79 Å². The fourth-order valence-electron chi connectivity index (χ4n) is 1.75. The molecule has 0 bridgehead atoms. The Morgan fingerprint density at radius 1 is 1.32 bits per heavy atom. The van der Waals surface area contributed by atoms with Crippen LogP contribution < -0.4 is 10.9 Å². The third kappa shape index (κ3) is 1.95. The van der Waals surface area contributed by atoms with Gasteiger partial charge in [0, 0.05) is 13.2 Å². The van der Waals surface area contributed by atoms with Crippen molar-refractivity contribution in [3.8, 4) is 0 Å². The van der Waals surface area contributed by atoms with E-state index in [2.05, 4.69) is 20.4 Å². The maximum Gasteiger partial charge on any atom is 0.281 e. The van der Waals surface area contributed by atoms with Crippen molar-refractivity contribution < 1.29 is 0 Å². The van der Waals surface area contributed by atoms with Gasteiger partial charge < -0.3 is 5.32 Å². The Hall–Kier alpha value is -2.70. The predicted octanol–water partition coefficient (Wildman–Crippen LogP) is 0.875. The lowest BCUT2D eigenvalue weighted by Gasteiger charge is -2.03. The lowest BCUT2D eigenvalue weighted by molar-refractivity contribution is 0.736. The van der Waals surface area contributed by atoms with Gasteiger partial charge in [-0.05, 0) is 19.1 Å². The SMILES string of the molecule is Cc1nc(Nc2cnc3ccccn3c2=O)nn1C. The van der Waals surface area contributed by atoms with Crippen molar-refractivity contribution in [1.29, 1.82) is 0 Å². The third-order valence-electron chi connectivity index (χ3n) is 2.84. The molecule has 0 aliphatic carbocycles. The van der Waals surface area contributed by atoms with Crippen LogP contribution in [0.1, 0.15) is 5.82 Å². The van der Waals surface area contributed by atoms with Crippen LogP contribution in [0.4, 0.5) is 11.6 Å². The van der Waals surface area contributed by atoms with E-state index in [-0.39, 0.29) is 5.56 Å². The zero-order valence-electron chi connectivity index (χ0n) is 10.5. The topological polar surface area (TPSA) is 77.1 Å². The molecule has 0 unspecified atom stereocenters. The first-order valence-corrected chi connectivity index (χ1v) is 5.76. The van der Waals surface area contributed by atoms with Crippen LogP contribution >= 0.6 is 0 Å². The highest BCUT2D eigenvalue weighted by atomic mass is 16.1. The fraction of sp³-hybridized carbons (Fsp3) is 0.167. The summed E-state index contributed by atoms with van der Waals surface area (Å²) in [5.74, 6) is 1.14. The lowest BCUT2D eigenvalue weighted by atomic mass is 10.4. The lowest BCUT2D eigenvalue weighted by Crippen LogP contribution is -2.18. The van der Waals surface area contributed by atoms with Crippen molar-refractivity contribution in [2.45, 2.75) is 6.92 Å². The quantitative estimate of drug-likeness (QED) is 0.736. The van der Waals surface area contributed by atoms with Crippen molar-refractivity contribution in [1.82, 2.24) is 24.1 Å². The zero-order chi connectivity index (χ0) is 13.4. The molecule has 3 aromatic heterocycles. The number of nitrogens with one attached hydrogen (secondary N) is 1. The summed E-state index contributed by atoms with van der Waals surface area (Å²) in [7, 11) is 1.79. The molecule has 0 amide bonds. The molecule has 0 spiro atoms. The number of pyridine rings is 1. The Morgan fingerprint density at radius 3 is 2.89 bits per heavy atom. The molecule has 19 heavy (non-hydrogen) atoms. The normalized spacial score (nSPS) is 10.8. The number of aromatic nitrogens is 5. The van der Waals surface area contributed by atoms with Crippen LogP contribution in [0.3, 0.4) is 0 Å². The van der Waals surface area contributed by atoms with Gasteiger partial charge in [-0.25, -0.2) is 4.98 Å². The number of anilines is 2. The predicted molar refractivity (Wildman–Crippen MR) is 70.5 cm³/mol. The summed E-state index contributed by atoms with van der Waals surface area (Å²) in [4.78, 5) is 20.6. The molecule has 0 atom stereocenters. The van der Waals surface area contributed by atoms with Gasteiger partial charge in [0.05, 0.1) is 6.20 Å². The molecule has 1 N–H and O–H groups in total. The van der Waals surface area contributed by atoms with E-state index in [1.165, 1.54) is 10.6 Å². The van der Waals surface area contributed by atoms with Crippen LogP contribution in [-0.2, 0) is 7.05 Å². The number of fused-ring (bicyclic) bond motifs is 1. The van der Waals surface area contributed by atoms with Crippen LogP contribution in [0.5, 0.6) is 0 Å². The Bertz CT molecular complexity index is 784. The van der Waals surface area contributed by atoms with Gasteiger partial charge in [0.15, 0.2) is 0 Å². The molecule has 7 heteroatoms. The Balaban J connectivity index is 2.06. The average Bonchev–Trinajstić information content (AvgIpc) is 2.72. The molecular weight excluding hydrogens is 244 g/mol. The number of nitrogens with zero attached hydrogens (tertiary/aromatic N) is 5. The van der Waals surface area contributed by atoms with Crippen molar-refractivity contribution in [3.05, 3.63) is 46.8 Å².